The highest BCUT2D eigenvalue weighted by Crippen LogP contribution is 2.35. The molecule has 29 heavy (non-hydrogen) atoms. The first kappa shape index (κ1) is 18.8. The Hall–Kier alpha value is -2.22. The van der Waals surface area contributed by atoms with Gasteiger partial charge in [-0.05, 0) is 47.8 Å². The maximum absolute atomic E-state index is 13.2. The van der Waals surface area contributed by atoms with E-state index in [0.717, 1.165) is 44.1 Å². The molecule has 5 heterocycles. The molecule has 0 aromatic carbocycles. The number of hydrogen-bond acceptors (Lipinski definition) is 5. The third-order valence-electron chi connectivity index (χ3n) is 6.16. The number of hydrogen-bond donors (Lipinski definition) is 1. The van der Waals surface area contributed by atoms with Crippen molar-refractivity contribution < 1.29 is 0 Å². The number of likely N-dealkylation sites (tertiary alicyclic amines) is 1. The van der Waals surface area contributed by atoms with Crippen molar-refractivity contribution in [1.82, 2.24) is 24.3 Å². The topological polar surface area (TPSA) is 57.2 Å². The highest BCUT2D eigenvalue weighted by atomic mass is 32.1. The number of aromatic nitrogens is 3. The van der Waals surface area contributed by atoms with Crippen LogP contribution in [0.2, 0.25) is 0 Å². The molecule has 0 unspecified atom stereocenters. The van der Waals surface area contributed by atoms with Crippen LogP contribution in [-0.4, -0.2) is 44.5 Å². The standard InChI is InChI=1S/C22H27N5OS/c1-25(9-16-4-7-29-15-16)12-18-2-3-20-19-8-17(11-27(20)22(18)28)10-26(13-19)14-21-23-5-6-24-21/h2-7,15,17,19H,8-14H2,1H3,(H,23,24)/t17-,19+/m0/s1. The lowest BCUT2D eigenvalue weighted by Crippen LogP contribution is -2.47. The van der Waals surface area contributed by atoms with Crippen LogP contribution >= 0.6 is 11.3 Å². The van der Waals surface area contributed by atoms with Crippen LogP contribution in [0.1, 0.15) is 35.0 Å². The SMILES string of the molecule is CN(Cc1ccsc1)Cc1ccc2n(c1=O)C[C@H]1C[C@@H]2CN(Cc2ncc[nH]2)C1. The van der Waals surface area contributed by atoms with E-state index >= 15 is 0 Å². The van der Waals surface area contributed by atoms with Crippen LogP contribution in [0.15, 0.2) is 46.1 Å². The number of pyridine rings is 1. The van der Waals surface area contributed by atoms with E-state index in [-0.39, 0.29) is 5.56 Å². The van der Waals surface area contributed by atoms with E-state index in [2.05, 4.69) is 60.3 Å². The fourth-order valence-electron chi connectivity index (χ4n) is 4.98. The predicted molar refractivity (Wildman–Crippen MR) is 115 cm³/mol. The van der Waals surface area contributed by atoms with Crippen LogP contribution in [0.4, 0.5) is 0 Å². The van der Waals surface area contributed by atoms with Gasteiger partial charge in [0.1, 0.15) is 5.82 Å². The van der Waals surface area contributed by atoms with E-state index < -0.39 is 0 Å². The number of thiophene rings is 1. The summed E-state index contributed by atoms with van der Waals surface area (Å²) in [5.41, 5.74) is 3.62. The molecule has 3 aromatic heterocycles. The second kappa shape index (κ2) is 7.89. The molecule has 0 aliphatic carbocycles. The first-order valence-electron chi connectivity index (χ1n) is 10.3. The van der Waals surface area contributed by atoms with Gasteiger partial charge in [-0.2, -0.15) is 11.3 Å². The molecule has 1 N–H and O–H groups in total. The Morgan fingerprint density at radius 1 is 1.24 bits per heavy atom. The van der Waals surface area contributed by atoms with Gasteiger partial charge in [-0.1, -0.05) is 6.07 Å². The van der Waals surface area contributed by atoms with Crippen LogP contribution < -0.4 is 5.56 Å². The number of nitrogens with one attached hydrogen (secondary N) is 1. The van der Waals surface area contributed by atoms with E-state index in [1.54, 1.807) is 11.3 Å². The lowest BCUT2D eigenvalue weighted by molar-refractivity contribution is 0.112. The van der Waals surface area contributed by atoms with Gasteiger partial charge in [-0.15, -0.1) is 0 Å². The molecule has 3 aromatic rings. The number of aromatic amines is 1. The molecule has 0 radical (unpaired) electrons. The first-order chi connectivity index (χ1) is 14.2. The molecule has 152 valence electrons. The van der Waals surface area contributed by atoms with Gasteiger partial charge in [0.05, 0.1) is 6.54 Å². The van der Waals surface area contributed by atoms with Crippen molar-refractivity contribution in [3.63, 3.8) is 0 Å². The normalized spacial score (nSPS) is 21.4. The Balaban J connectivity index is 1.32. The van der Waals surface area contributed by atoms with Crippen LogP contribution in [0.5, 0.6) is 0 Å². The van der Waals surface area contributed by atoms with E-state index in [1.165, 1.54) is 17.7 Å². The monoisotopic (exact) mass is 409 g/mol. The molecule has 0 saturated carbocycles. The smallest absolute Gasteiger partial charge is 0.255 e. The van der Waals surface area contributed by atoms with Gasteiger partial charge in [-0.25, -0.2) is 4.98 Å². The van der Waals surface area contributed by atoms with Crippen molar-refractivity contribution in [3.05, 3.63) is 74.4 Å². The zero-order valence-electron chi connectivity index (χ0n) is 16.8. The van der Waals surface area contributed by atoms with Gasteiger partial charge in [0.25, 0.3) is 5.56 Å². The third kappa shape index (κ3) is 3.95. The molecule has 2 bridgehead atoms. The highest BCUT2D eigenvalue weighted by Gasteiger charge is 2.35. The van der Waals surface area contributed by atoms with E-state index in [9.17, 15) is 4.79 Å². The Kier molecular flexibility index (Phi) is 5.11. The molecular weight excluding hydrogens is 382 g/mol. The summed E-state index contributed by atoms with van der Waals surface area (Å²) in [7, 11) is 2.09. The van der Waals surface area contributed by atoms with Gasteiger partial charge in [0.2, 0.25) is 0 Å². The maximum Gasteiger partial charge on any atom is 0.255 e. The van der Waals surface area contributed by atoms with Crippen molar-refractivity contribution in [2.75, 3.05) is 20.1 Å². The van der Waals surface area contributed by atoms with Crippen LogP contribution in [0, 0.1) is 5.92 Å². The second-order valence-electron chi connectivity index (χ2n) is 8.53. The van der Waals surface area contributed by atoms with E-state index in [0.29, 0.717) is 18.4 Å². The fraction of sp³-hybridized carbons (Fsp3) is 0.455. The Morgan fingerprint density at radius 2 is 2.17 bits per heavy atom. The summed E-state index contributed by atoms with van der Waals surface area (Å²) in [6, 6.07) is 6.41. The van der Waals surface area contributed by atoms with Gasteiger partial charge < -0.3 is 9.55 Å². The minimum atomic E-state index is 0.203. The van der Waals surface area contributed by atoms with Crippen molar-refractivity contribution in [3.8, 4) is 0 Å². The molecule has 6 nitrogen and oxygen atoms in total. The van der Waals surface area contributed by atoms with Gasteiger partial charge in [-0.3, -0.25) is 14.6 Å². The van der Waals surface area contributed by atoms with Gasteiger partial charge in [0.15, 0.2) is 0 Å². The molecule has 2 atom stereocenters. The summed E-state index contributed by atoms with van der Waals surface area (Å²) in [6.07, 6.45) is 4.88. The fourth-order valence-corrected chi connectivity index (χ4v) is 5.64. The maximum atomic E-state index is 13.2. The molecule has 2 aliphatic heterocycles. The minimum absolute atomic E-state index is 0.203. The van der Waals surface area contributed by atoms with Crippen LogP contribution in [0.3, 0.4) is 0 Å². The molecule has 5 rings (SSSR count). The molecule has 1 fully saturated rings. The number of fused-ring (bicyclic) bond motifs is 4. The largest absolute Gasteiger partial charge is 0.348 e. The molecule has 0 amide bonds. The molecule has 1 saturated heterocycles. The first-order valence-corrected chi connectivity index (χ1v) is 11.2. The molecule has 7 heteroatoms. The average Bonchev–Trinajstić information content (AvgIpc) is 3.39. The average molecular weight is 410 g/mol. The quantitative estimate of drug-likeness (QED) is 0.680. The zero-order valence-corrected chi connectivity index (χ0v) is 17.6. The summed E-state index contributed by atoms with van der Waals surface area (Å²) in [4.78, 5) is 25.5. The lowest BCUT2D eigenvalue weighted by Gasteiger charge is -2.42. The van der Waals surface area contributed by atoms with Crippen molar-refractivity contribution in [2.45, 2.75) is 38.5 Å². The van der Waals surface area contributed by atoms with Crippen molar-refractivity contribution >= 4 is 11.3 Å². The number of nitrogens with zero attached hydrogens (tertiary/aromatic N) is 4. The summed E-state index contributed by atoms with van der Waals surface area (Å²) >= 11 is 1.72. The predicted octanol–water partition coefficient (Wildman–Crippen LogP) is 2.88. The van der Waals surface area contributed by atoms with Crippen LogP contribution in [0.25, 0.3) is 0 Å². The molecule has 0 spiro atoms. The zero-order chi connectivity index (χ0) is 19.8. The van der Waals surface area contributed by atoms with Crippen molar-refractivity contribution in [2.24, 2.45) is 5.92 Å². The Labute approximate surface area is 174 Å². The van der Waals surface area contributed by atoms with Gasteiger partial charge >= 0.3 is 0 Å². The van der Waals surface area contributed by atoms with E-state index in [4.69, 9.17) is 0 Å². The number of imidazole rings is 1. The van der Waals surface area contributed by atoms with Gasteiger partial charge in [0, 0.05) is 62.3 Å². The lowest BCUT2D eigenvalue weighted by atomic mass is 9.83. The Bertz CT molecular complexity index is 1010. The number of piperidine rings is 1. The van der Waals surface area contributed by atoms with Crippen molar-refractivity contribution in [1.29, 1.82) is 0 Å². The summed E-state index contributed by atoms with van der Waals surface area (Å²) in [5.74, 6) is 1.99. The number of rotatable bonds is 6. The van der Waals surface area contributed by atoms with E-state index in [1.807, 2.05) is 12.4 Å². The second-order valence-corrected chi connectivity index (χ2v) is 9.31. The number of H-pyrrole nitrogens is 1. The molecular formula is C22H27N5OS. The summed E-state index contributed by atoms with van der Waals surface area (Å²) in [6.45, 7) is 5.28. The molecule has 2 aliphatic rings. The third-order valence-corrected chi connectivity index (χ3v) is 6.89. The highest BCUT2D eigenvalue weighted by molar-refractivity contribution is 7.07. The summed E-state index contributed by atoms with van der Waals surface area (Å²) < 4.78 is 2.07. The minimum Gasteiger partial charge on any atom is -0.348 e. The summed E-state index contributed by atoms with van der Waals surface area (Å²) in [5, 5.41) is 4.27. The van der Waals surface area contributed by atoms with Crippen LogP contribution in [-0.2, 0) is 26.2 Å². The Morgan fingerprint density at radius 3 is 2.97 bits per heavy atom.